The fraction of sp³-hybridized carbons (Fsp3) is 0.762. The third kappa shape index (κ3) is 6.17. The van der Waals surface area contributed by atoms with Crippen LogP contribution in [0, 0.1) is 6.92 Å². The van der Waals surface area contributed by atoms with Gasteiger partial charge in [0.1, 0.15) is 0 Å². The maximum absolute atomic E-state index is 10.8. The predicted octanol–water partition coefficient (Wildman–Crippen LogP) is 2.68. The zero-order valence-electron chi connectivity index (χ0n) is 17.4. The maximum Gasteiger partial charge on any atom is 0.191 e. The van der Waals surface area contributed by atoms with E-state index in [1.54, 1.807) is 0 Å². The monoisotopic (exact) mass is 408 g/mol. The van der Waals surface area contributed by atoms with Gasteiger partial charge in [-0.2, -0.15) is 0 Å². The summed E-state index contributed by atoms with van der Waals surface area (Å²) in [5.74, 6) is 0.799. The van der Waals surface area contributed by atoms with Gasteiger partial charge < -0.3 is 20.5 Å². The summed E-state index contributed by atoms with van der Waals surface area (Å²) >= 11 is 1.87. The van der Waals surface area contributed by atoms with E-state index in [0.29, 0.717) is 12.6 Å². The molecule has 0 aromatic carbocycles. The Morgan fingerprint density at radius 1 is 1.25 bits per heavy atom. The summed E-state index contributed by atoms with van der Waals surface area (Å²) < 4.78 is 5.55. The molecule has 0 radical (unpaired) electrons. The molecule has 1 atom stereocenters. The molecule has 6 nitrogen and oxygen atoms in total. The molecule has 2 heterocycles. The van der Waals surface area contributed by atoms with Gasteiger partial charge >= 0.3 is 0 Å². The Morgan fingerprint density at radius 3 is 2.64 bits per heavy atom. The lowest BCUT2D eigenvalue weighted by atomic mass is 9.85. The minimum absolute atomic E-state index is 0.309. The number of ether oxygens (including phenoxy) is 1. The van der Waals surface area contributed by atoms with E-state index in [0.717, 1.165) is 71.0 Å². The molecule has 7 heteroatoms. The van der Waals surface area contributed by atoms with Crippen LogP contribution in [0.4, 0.5) is 0 Å². The third-order valence-electron chi connectivity index (χ3n) is 5.70. The van der Waals surface area contributed by atoms with Crippen LogP contribution in [0.5, 0.6) is 0 Å². The highest BCUT2D eigenvalue weighted by Crippen LogP contribution is 2.29. The van der Waals surface area contributed by atoms with E-state index < -0.39 is 5.60 Å². The molecule has 1 aromatic heterocycles. The van der Waals surface area contributed by atoms with Crippen molar-refractivity contribution in [3.05, 3.63) is 21.9 Å². The minimum atomic E-state index is -0.630. The van der Waals surface area contributed by atoms with Crippen molar-refractivity contribution in [3.8, 4) is 0 Å². The molecule has 0 spiro atoms. The second-order valence-electron chi connectivity index (χ2n) is 7.97. The summed E-state index contributed by atoms with van der Waals surface area (Å²) in [5.41, 5.74) is -0.630. The number of hydrogen-bond donors (Lipinski definition) is 3. The summed E-state index contributed by atoms with van der Waals surface area (Å²) in [4.78, 5) is 9.95. The van der Waals surface area contributed by atoms with Gasteiger partial charge in [0.15, 0.2) is 5.96 Å². The lowest BCUT2D eigenvalue weighted by Crippen LogP contribution is -2.46. The van der Waals surface area contributed by atoms with Crippen molar-refractivity contribution < 1.29 is 9.84 Å². The Bertz CT molecular complexity index is 622. The Morgan fingerprint density at radius 2 is 2.00 bits per heavy atom. The maximum atomic E-state index is 10.8. The second kappa shape index (κ2) is 10.6. The van der Waals surface area contributed by atoms with E-state index in [1.165, 1.54) is 16.2 Å². The Balaban J connectivity index is 1.65. The predicted molar refractivity (Wildman–Crippen MR) is 116 cm³/mol. The highest BCUT2D eigenvalue weighted by Gasteiger charge is 2.29. The van der Waals surface area contributed by atoms with Crippen molar-refractivity contribution in [3.63, 3.8) is 0 Å². The minimum Gasteiger partial charge on any atom is -0.388 e. The first kappa shape index (κ1) is 21.6. The molecule has 2 fully saturated rings. The van der Waals surface area contributed by atoms with E-state index in [9.17, 15) is 5.11 Å². The molecule has 1 saturated heterocycles. The van der Waals surface area contributed by atoms with Gasteiger partial charge in [-0.15, -0.1) is 11.3 Å². The number of guanidine groups is 1. The molecular formula is C21H36N4O2S. The highest BCUT2D eigenvalue weighted by atomic mass is 32.1. The first-order valence-corrected chi connectivity index (χ1v) is 11.5. The number of thiophene rings is 1. The van der Waals surface area contributed by atoms with Crippen LogP contribution in [0.15, 0.2) is 17.1 Å². The van der Waals surface area contributed by atoms with Gasteiger partial charge in [0.05, 0.1) is 31.4 Å². The number of aryl methyl sites for hydroxylation is 1. The molecule has 1 unspecified atom stereocenters. The van der Waals surface area contributed by atoms with E-state index in [4.69, 9.17) is 9.73 Å². The summed E-state index contributed by atoms with van der Waals surface area (Å²) in [6.45, 7) is 9.82. The standard InChI is InChI=1S/C21H36N4O2S/c1-3-22-20(24-16-21(26)9-5-4-6-10-21)23-15-18(19-8-7-17(2)28-19)25-11-13-27-14-12-25/h7-8,18,26H,3-6,9-16H2,1-2H3,(H2,22,23,24). The van der Waals surface area contributed by atoms with E-state index in [2.05, 4.69) is 41.5 Å². The van der Waals surface area contributed by atoms with Crippen molar-refractivity contribution in [2.24, 2.45) is 4.99 Å². The second-order valence-corrected chi connectivity index (χ2v) is 9.29. The van der Waals surface area contributed by atoms with Gasteiger partial charge in [-0.1, -0.05) is 19.3 Å². The van der Waals surface area contributed by atoms with Gasteiger partial charge in [-0.25, -0.2) is 0 Å². The number of hydrogen-bond acceptors (Lipinski definition) is 5. The number of aliphatic hydroxyl groups is 1. The van der Waals surface area contributed by atoms with Crippen LogP contribution in [0.25, 0.3) is 0 Å². The Labute approximate surface area is 173 Å². The number of rotatable bonds is 7. The molecule has 1 aliphatic carbocycles. The molecule has 2 aliphatic rings. The van der Waals surface area contributed by atoms with Crippen LogP contribution in [-0.4, -0.2) is 67.5 Å². The molecule has 1 aliphatic heterocycles. The van der Waals surface area contributed by atoms with Crippen molar-refractivity contribution in [2.45, 2.75) is 57.6 Å². The molecule has 28 heavy (non-hydrogen) atoms. The molecular weight excluding hydrogens is 372 g/mol. The van der Waals surface area contributed by atoms with Crippen LogP contribution < -0.4 is 10.6 Å². The lowest BCUT2D eigenvalue weighted by Gasteiger charge is -2.34. The summed E-state index contributed by atoms with van der Waals surface area (Å²) in [5, 5.41) is 17.6. The van der Waals surface area contributed by atoms with Crippen LogP contribution in [0.2, 0.25) is 0 Å². The lowest BCUT2D eigenvalue weighted by molar-refractivity contribution is 0.0129. The quantitative estimate of drug-likeness (QED) is 0.478. The number of nitrogens with one attached hydrogen (secondary N) is 2. The topological polar surface area (TPSA) is 69.1 Å². The van der Waals surface area contributed by atoms with Crippen LogP contribution in [0.1, 0.15) is 54.8 Å². The summed E-state index contributed by atoms with van der Waals surface area (Å²) in [7, 11) is 0. The Hall–Kier alpha value is -1.15. The molecule has 0 bridgehead atoms. The number of morpholine rings is 1. The van der Waals surface area contributed by atoms with Crippen molar-refractivity contribution in [1.29, 1.82) is 0 Å². The average Bonchev–Trinajstić information content (AvgIpc) is 3.13. The molecule has 3 rings (SSSR count). The molecule has 0 amide bonds. The van der Waals surface area contributed by atoms with Gasteiger partial charge in [-0.3, -0.25) is 9.89 Å². The van der Waals surface area contributed by atoms with E-state index >= 15 is 0 Å². The molecule has 3 N–H and O–H groups in total. The fourth-order valence-electron chi connectivity index (χ4n) is 4.06. The van der Waals surface area contributed by atoms with Gasteiger partial charge in [0.25, 0.3) is 0 Å². The van der Waals surface area contributed by atoms with E-state index in [1.807, 2.05) is 11.3 Å². The Kier molecular flexibility index (Phi) is 8.14. The van der Waals surface area contributed by atoms with E-state index in [-0.39, 0.29) is 0 Å². The normalized spacial score (nSPS) is 22.0. The van der Waals surface area contributed by atoms with Crippen LogP contribution in [0.3, 0.4) is 0 Å². The summed E-state index contributed by atoms with van der Waals surface area (Å²) in [6.07, 6.45) is 5.16. The molecule has 1 aromatic rings. The van der Waals surface area contributed by atoms with Crippen molar-refractivity contribution in [1.82, 2.24) is 15.5 Å². The van der Waals surface area contributed by atoms with Crippen LogP contribution >= 0.6 is 11.3 Å². The third-order valence-corrected chi connectivity index (χ3v) is 6.80. The summed E-state index contributed by atoms with van der Waals surface area (Å²) in [6, 6.07) is 4.76. The fourth-order valence-corrected chi connectivity index (χ4v) is 5.07. The smallest absolute Gasteiger partial charge is 0.191 e. The first-order chi connectivity index (χ1) is 13.6. The van der Waals surface area contributed by atoms with Crippen molar-refractivity contribution >= 4 is 17.3 Å². The molecule has 158 valence electrons. The highest BCUT2D eigenvalue weighted by molar-refractivity contribution is 7.12. The zero-order chi connectivity index (χ0) is 19.8. The van der Waals surface area contributed by atoms with Gasteiger partial charge in [0.2, 0.25) is 0 Å². The first-order valence-electron chi connectivity index (χ1n) is 10.7. The van der Waals surface area contributed by atoms with Gasteiger partial charge in [-0.05, 0) is 38.8 Å². The van der Waals surface area contributed by atoms with Crippen molar-refractivity contribution in [2.75, 3.05) is 45.9 Å². The molecule has 1 saturated carbocycles. The largest absolute Gasteiger partial charge is 0.388 e. The average molecular weight is 409 g/mol. The van der Waals surface area contributed by atoms with Crippen LogP contribution in [-0.2, 0) is 4.74 Å². The zero-order valence-corrected chi connectivity index (χ0v) is 18.2. The SMILES string of the molecule is CCNC(=NCC1(O)CCCCC1)NCC(c1ccc(C)s1)N1CCOCC1. The van der Waals surface area contributed by atoms with Gasteiger partial charge in [0, 0.05) is 35.9 Å². The number of aliphatic imine (C=N–C) groups is 1. The number of nitrogens with zero attached hydrogens (tertiary/aromatic N) is 2.